The molecular weight excluding hydrogens is 753 g/mol. The van der Waals surface area contributed by atoms with Crippen molar-refractivity contribution >= 4 is 11.9 Å². The molecule has 0 rings (SSSR count). The summed E-state index contributed by atoms with van der Waals surface area (Å²) in [6, 6.07) is 0. The molecule has 0 saturated heterocycles. The van der Waals surface area contributed by atoms with Crippen LogP contribution in [0.4, 0.5) is 0 Å². The third-order valence-corrected chi connectivity index (χ3v) is 12.2. The molecule has 0 radical (unpaired) electrons. The van der Waals surface area contributed by atoms with Crippen LogP contribution < -0.4 is 0 Å². The normalized spacial score (nSPS) is 12.4. The van der Waals surface area contributed by atoms with Crippen molar-refractivity contribution in [2.75, 3.05) is 13.2 Å². The summed E-state index contributed by atoms with van der Waals surface area (Å²) in [4.78, 5) is 24.5. The summed E-state index contributed by atoms with van der Waals surface area (Å²) in [6.07, 6.45) is 66.8. The molecule has 0 bridgehead atoms. The summed E-state index contributed by atoms with van der Waals surface area (Å²) >= 11 is 0. The standard InChI is InChI=1S/C56H104O5/c1-3-5-7-9-11-13-15-17-19-21-23-25-26-27-28-29-30-31-33-35-37-39-41-43-45-47-49-51-56(59)61-54(52-57)53-60-55(58)50-48-46-44-42-40-38-36-34-32-24-22-20-18-16-14-12-10-8-6-4-2/h15,17,21,23,26-27,54,57H,3-14,16,18-20,22,24-25,28-53H2,1-2H3/b17-15-,23-21-,27-26-. The number of allylic oxidation sites excluding steroid dienone is 6. The maximum absolute atomic E-state index is 12.3. The summed E-state index contributed by atoms with van der Waals surface area (Å²) in [6.45, 7) is 4.17. The molecule has 1 atom stereocenters. The number of carbonyl (C=O) groups excluding carboxylic acids is 2. The number of aliphatic hydroxyl groups excluding tert-OH is 1. The number of esters is 2. The fraction of sp³-hybridized carbons (Fsp3) is 0.857. The van der Waals surface area contributed by atoms with Crippen molar-refractivity contribution < 1.29 is 24.2 Å². The van der Waals surface area contributed by atoms with Gasteiger partial charge in [-0.15, -0.1) is 0 Å². The van der Waals surface area contributed by atoms with E-state index in [9.17, 15) is 14.7 Å². The third kappa shape index (κ3) is 50.6. The Bertz CT molecular complexity index is 970. The van der Waals surface area contributed by atoms with E-state index in [1.807, 2.05) is 0 Å². The monoisotopic (exact) mass is 857 g/mol. The second kappa shape index (κ2) is 52.5. The van der Waals surface area contributed by atoms with Crippen LogP contribution in [0, 0.1) is 0 Å². The molecule has 0 aromatic carbocycles. The van der Waals surface area contributed by atoms with Crippen LogP contribution in [-0.4, -0.2) is 36.4 Å². The van der Waals surface area contributed by atoms with Gasteiger partial charge in [-0.2, -0.15) is 0 Å². The van der Waals surface area contributed by atoms with Crippen molar-refractivity contribution in [1.82, 2.24) is 0 Å². The Labute approximate surface area is 380 Å². The highest BCUT2D eigenvalue weighted by atomic mass is 16.6. The van der Waals surface area contributed by atoms with Crippen LogP contribution >= 0.6 is 0 Å². The second-order valence-electron chi connectivity index (χ2n) is 18.3. The molecule has 0 fully saturated rings. The van der Waals surface area contributed by atoms with Crippen LogP contribution in [0.5, 0.6) is 0 Å². The number of unbranched alkanes of at least 4 members (excludes halogenated alkanes) is 36. The minimum atomic E-state index is -0.770. The number of hydrogen-bond acceptors (Lipinski definition) is 5. The van der Waals surface area contributed by atoms with Crippen molar-refractivity contribution in [2.45, 2.75) is 296 Å². The van der Waals surface area contributed by atoms with Gasteiger partial charge in [-0.3, -0.25) is 9.59 Å². The van der Waals surface area contributed by atoms with Crippen molar-refractivity contribution in [3.8, 4) is 0 Å². The third-order valence-electron chi connectivity index (χ3n) is 12.2. The lowest BCUT2D eigenvalue weighted by atomic mass is 10.0. The SMILES string of the molecule is CCCCCCC/C=C\C/C=C\C/C=C\CCCCCCCCCCCCCCC(=O)OC(CO)COC(=O)CCCCCCCCCCCCCCCCCCCCCC. The molecule has 5 nitrogen and oxygen atoms in total. The average Bonchev–Trinajstić information content (AvgIpc) is 3.26. The fourth-order valence-electron chi connectivity index (χ4n) is 8.09. The van der Waals surface area contributed by atoms with Crippen molar-refractivity contribution in [2.24, 2.45) is 0 Å². The predicted molar refractivity (Wildman–Crippen MR) is 265 cm³/mol. The quantitative estimate of drug-likeness (QED) is 0.0375. The molecule has 1 N–H and O–H groups in total. The van der Waals surface area contributed by atoms with E-state index >= 15 is 0 Å². The number of ether oxygens (including phenoxy) is 2. The van der Waals surface area contributed by atoms with Crippen LogP contribution in [0.1, 0.15) is 290 Å². The first kappa shape index (κ1) is 59.1. The first-order valence-corrected chi connectivity index (χ1v) is 27.0. The van der Waals surface area contributed by atoms with E-state index < -0.39 is 6.10 Å². The molecule has 0 aliphatic rings. The van der Waals surface area contributed by atoms with Crippen LogP contribution in [0.3, 0.4) is 0 Å². The molecule has 61 heavy (non-hydrogen) atoms. The van der Waals surface area contributed by atoms with Gasteiger partial charge in [0.15, 0.2) is 6.10 Å². The summed E-state index contributed by atoms with van der Waals surface area (Å²) in [5.74, 6) is -0.577. The Balaban J connectivity index is 3.47. The summed E-state index contributed by atoms with van der Waals surface area (Å²) in [5.41, 5.74) is 0. The first-order chi connectivity index (χ1) is 30.1. The molecule has 5 heteroatoms. The molecule has 0 spiro atoms. The summed E-state index contributed by atoms with van der Waals surface area (Å²) < 4.78 is 10.7. The van der Waals surface area contributed by atoms with E-state index in [2.05, 4.69) is 50.3 Å². The summed E-state index contributed by atoms with van der Waals surface area (Å²) in [5, 5.41) is 9.64. The maximum atomic E-state index is 12.3. The second-order valence-corrected chi connectivity index (χ2v) is 18.3. The molecule has 0 aliphatic heterocycles. The molecule has 0 amide bonds. The lowest BCUT2D eigenvalue weighted by Crippen LogP contribution is -2.28. The van der Waals surface area contributed by atoms with E-state index in [0.717, 1.165) is 44.9 Å². The van der Waals surface area contributed by atoms with Gasteiger partial charge in [-0.25, -0.2) is 0 Å². The van der Waals surface area contributed by atoms with E-state index in [4.69, 9.17) is 9.47 Å². The van der Waals surface area contributed by atoms with E-state index in [1.165, 1.54) is 218 Å². The van der Waals surface area contributed by atoms with E-state index in [0.29, 0.717) is 12.8 Å². The molecule has 0 aliphatic carbocycles. The Hall–Kier alpha value is -1.88. The van der Waals surface area contributed by atoms with E-state index in [1.54, 1.807) is 0 Å². The molecule has 358 valence electrons. The maximum Gasteiger partial charge on any atom is 0.306 e. The van der Waals surface area contributed by atoms with Crippen molar-refractivity contribution in [3.63, 3.8) is 0 Å². The Morgan fingerprint density at radius 3 is 0.984 bits per heavy atom. The Kier molecular flexibility index (Phi) is 50.8. The molecule has 0 saturated carbocycles. The Morgan fingerprint density at radius 1 is 0.377 bits per heavy atom. The fourth-order valence-corrected chi connectivity index (χ4v) is 8.09. The topological polar surface area (TPSA) is 72.8 Å². The predicted octanol–water partition coefficient (Wildman–Crippen LogP) is 17.9. The van der Waals surface area contributed by atoms with Crippen LogP contribution in [0.25, 0.3) is 0 Å². The van der Waals surface area contributed by atoms with Gasteiger partial charge in [0, 0.05) is 12.8 Å². The van der Waals surface area contributed by atoms with Gasteiger partial charge in [0.05, 0.1) is 6.61 Å². The molecule has 0 aromatic heterocycles. The highest BCUT2D eigenvalue weighted by Crippen LogP contribution is 2.17. The minimum Gasteiger partial charge on any atom is -0.462 e. The molecule has 0 heterocycles. The molecule has 1 unspecified atom stereocenters. The zero-order chi connectivity index (χ0) is 44.2. The number of rotatable bonds is 50. The van der Waals surface area contributed by atoms with Crippen LogP contribution in [0.2, 0.25) is 0 Å². The lowest BCUT2D eigenvalue weighted by molar-refractivity contribution is -0.161. The first-order valence-electron chi connectivity index (χ1n) is 27.0. The van der Waals surface area contributed by atoms with Gasteiger partial charge in [-0.05, 0) is 51.4 Å². The highest BCUT2D eigenvalue weighted by molar-refractivity contribution is 5.70. The van der Waals surface area contributed by atoms with Gasteiger partial charge in [-0.1, -0.05) is 262 Å². The van der Waals surface area contributed by atoms with E-state index in [-0.39, 0.29) is 25.2 Å². The number of carbonyl (C=O) groups is 2. The van der Waals surface area contributed by atoms with Gasteiger partial charge < -0.3 is 14.6 Å². The van der Waals surface area contributed by atoms with Crippen molar-refractivity contribution in [1.29, 1.82) is 0 Å². The average molecular weight is 857 g/mol. The molecular formula is C56H104O5. The van der Waals surface area contributed by atoms with Gasteiger partial charge in [0.25, 0.3) is 0 Å². The smallest absolute Gasteiger partial charge is 0.306 e. The van der Waals surface area contributed by atoms with Crippen LogP contribution in [0.15, 0.2) is 36.5 Å². The van der Waals surface area contributed by atoms with Gasteiger partial charge in [0.2, 0.25) is 0 Å². The Morgan fingerprint density at radius 2 is 0.656 bits per heavy atom. The summed E-state index contributed by atoms with van der Waals surface area (Å²) in [7, 11) is 0. The highest BCUT2D eigenvalue weighted by Gasteiger charge is 2.16. The minimum absolute atomic E-state index is 0.0619. The number of aliphatic hydroxyl groups is 1. The van der Waals surface area contributed by atoms with Gasteiger partial charge >= 0.3 is 11.9 Å². The zero-order valence-electron chi connectivity index (χ0n) is 40.9. The molecule has 0 aromatic rings. The zero-order valence-corrected chi connectivity index (χ0v) is 40.9. The van der Waals surface area contributed by atoms with Crippen molar-refractivity contribution in [3.05, 3.63) is 36.5 Å². The lowest BCUT2D eigenvalue weighted by Gasteiger charge is -2.15. The largest absolute Gasteiger partial charge is 0.462 e. The number of hydrogen-bond donors (Lipinski definition) is 1. The van der Waals surface area contributed by atoms with Crippen LogP contribution in [-0.2, 0) is 19.1 Å². The van der Waals surface area contributed by atoms with Gasteiger partial charge in [0.1, 0.15) is 6.61 Å².